The summed E-state index contributed by atoms with van der Waals surface area (Å²) in [5.74, 6) is 2.39. The second kappa shape index (κ2) is 4.54. The van der Waals surface area contributed by atoms with Crippen molar-refractivity contribution in [1.82, 2.24) is 0 Å². The van der Waals surface area contributed by atoms with Crippen molar-refractivity contribution in [2.75, 3.05) is 0 Å². The van der Waals surface area contributed by atoms with Crippen LogP contribution in [-0.4, -0.2) is 0 Å². The van der Waals surface area contributed by atoms with E-state index in [2.05, 4.69) is 15.9 Å². The molecule has 0 radical (unpaired) electrons. The van der Waals surface area contributed by atoms with Crippen LogP contribution in [0.3, 0.4) is 0 Å². The molecule has 4 fully saturated rings. The summed E-state index contributed by atoms with van der Waals surface area (Å²) in [4.78, 5) is 0. The second-order valence-electron chi connectivity index (χ2n) is 7.40. The fourth-order valence-electron chi connectivity index (χ4n) is 5.65. The van der Waals surface area contributed by atoms with Crippen LogP contribution in [0.4, 0.5) is 4.39 Å². The van der Waals surface area contributed by atoms with Gasteiger partial charge in [-0.15, -0.1) is 0 Å². The molecule has 1 aromatic carbocycles. The number of hydrogen-bond acceptors (Lipinski definition) is 1. The Kier molecular flexibility index (Phi) is 3.01. The number of hydrogen-bond donors (Lipinski definition) is 1. The Balaban J connectivity index is 1.71. The van der Waals surface area contributed by atoms with Crippen LogP contribution >= 0.6 is 15.9 Å². The van der Waals surface area contributed by atoms with Crippen LogP contribution in [-0.2, 0) is 0 Å². The van der Waals surface area contributed by atoms with E-state index < -0.39 is 0 Å². The molecule has 3 heteroatoms. The first-order chi connectivity index (χ1) is 9.57. The molecule has 20 heavy (non-hydrogen) atoms. The largest absolute Gasteiger partial charge is 0.323 e. The number of rotatable bonds is 2. The van der Waals surface area contributed by atoms with Crippen LogP contribution in [0, 0.1) is 29.0 Å². The first-order valence-electron chi connectivity index (χ1n) is 7.77. The van der Waals surface area contributed by atoms with Gasteiger partial charge in [0.25, 0.3) is 0 Å². The highest BCUT2D eigenvalue weighted by Gasteiger charge is 2.53. The zero-order valence-electron chi connectivity index (χ0n) is 11.6. The smallest absolute Gasteiger partial charge is 0.142 e. The second-order valence-corrected chi connectivity index (χ2v) is 8.25. The van der Waals surface area contributed by atoms with Gasteiger partial charge in [-0.3, -0.25) is 0 Å². The van der Waals surface area contributed by atoms with Crippen molar-refractivity contribution < 1.29 is 4.39 Å². The summed E-state index contributed by atoms with van der Waals surface area (Å²) < 4.78 is 14.9. The predicted molar refractivity (Wildman–Crippen MR) is 81.6 cm³/mol. The number of halogens is 2. The average Bonchev–Trinajstić information content (AvgIpc) is 2.39. The summed E-state index contributed by atoms with van der Waals surface area (Å²) in [6.07, 6.45) is 7.83. The molecule has 4 aliphatic rings. The molecule has 0 heterocycles. The minimum atomic E-state index is -0.157. The van der Waals surface area contributed by atoms with Gasteiger partial charge in [0.15, 0.2) is 0 Å². The van der Waals surface area contributed by atoms with E-state index in [0.717, 1.165) is 17.8 Å². The van der Waals surface area contributed by atoms with E-state index >= 15 is 0 Å². The third-order valence-corrected chi connectivity index (χ3v) is 6.67. The molecule has 0 spiro atoms. The van der Waals surface area contributed by atoms with Crippen molar-refractivity contribution in [3.05, 3.63) is 34.1 Å². The van der Waals surface area contributed by atoms with Gasteiger partial charge < -0.3 is 5.73 Å². The molecular formula is C17H21BrFN. The Morgan fingerprint density at radius 2 is 1.65 bits per heavy atom. The summed E-state index contributed by atoms with van der Waals surface area (Å²) in [5, 5.41) is 0. The summed E-state index contributed by atoms with van der Waals surface area (Å²) in [6, 6.07) is 5.39. The number of nitrogens with two attached hydrogens (primary N) is 1. The molecule has 5 rings (SSSR count). The average molecular weight is 338 g/mol. The molecule has 4 saturated carbocycles. The Bertz CT molecular complexity index is 507. The minimum absolute atomic E-state index is 0.145. The molecule has 0 saturated heterocycles. The lowest BCUT2D eigenvalue weighted by molar-refractivity contribution is -0.0683. The highest BCUT2D eigenvalue weighted by Crippen LogP contribution is 2.63. The highest BCUT2D eigenvalue weighted by molar-refractivity contribution is 9.10. The SMILES string of the molecule is NC(c1cccc(Br)c1F)C12CC3CC(CC(C3)C1)C2. The molecule has 1 atom stereocenters. The third kappa shape index (κ3) is 1.89. The first-order valence-corrected chi connectivity index (χ1v) is 8.56. The molecule has 4 bridgehead atoms. The van der Waals surface area contributed by atoms with Crippen LogP contribution < -0.4 is 5.73 Å². The monoisotopic (exact) mass is 337 g/mol. The van der Waals surface area contributed by atoms with Crippen molar-refractivity contribution in [1.29, 1.82) is 0 Å². The molecule has 1 unspecified atom stereocenters. The molecule has 4 aliphatic carbocycles. The Hall–Kier alpha value is -0.410. The quantitative estimate of drug-likeness (QED) is 0.823. The molecule has 1 nitrogen and oxygen atoms in total. The van der Waals surface area contributed by atoms with E-state index in [9.17, 15) is 4.39 Å². The van der Waals surface area contributed by atoms with Gasteiger partial charge in [0.05, 0.1) is 4.47 Å². The van der Waals surface area contributed by atoms with Gasteiger partial charge >= 0.3 is 0 Å². The summed E-state index contributed by atoms with van der Waals surface area (Å²) in [6.45, 7) is 0. The molecule has 108 valence electrons. The third-order valence-electron chi connectivity index (χ3n) is 6.06. The van der Waals surface area contributed by atoms with Gasteiger partial charge in [0, 0.05) is 11.6 Å². The van der Waals surface area contributed by atoms with Crippen molar-refractivity contribution in [2.24, 2.45) is 28.9 Å². The van der Waals surface area contributed by atoms with Crippen molar-refractivity contribution >= 4 is 15.9 Å². The van der Waals surface area contributed by atoms with Crippen LogP contribution in [0.2, 0.25) is 0 Å². The van der Waals surface area contributed by atoms with Crippen LogP contribution in [0.1, 0.15) is 50.1 Å². The Morgan fingerprint density at radius 1 is 1.10 bits per heavy atom. The fraction of sp³-hybridized carbons (Fsp3) is 0.647. The molecule has 0 aromatic heterocycles. The zero-order valence-corrected chi connectivity index (χ0v) is 13.2. The molecular weight excluding hydrogens is 317 g/mol. The van der Waals surface area contributed by atoms with Crippen molar-refractivity contribution in [3.63, 3.8) is 0 Å². The van der Waals surface area contributed by atoms with Gasteiger partial charge in [-0.2, -0.15) is 0 Å². The normalized spacial score (nSPS) is 40.0. The zero-order chi connectivity index (χ0) is 13.9. The van der Waals surface area contributed by atoms with Crippen LogP contribution in [0.5, 0.6) is 0 Å². The Morgan fingerprint density at radius 3 is 2.20 bits per heavy atom. The molecule has 0 aliphatic heterocycles. The highest BCUT2D eigenvalue weighted by atomic mass is 79.9. The summed E-state index contributed by atoms with van der Waals surface area (Å²) in [5.41, 5.74) is 7.48. The van der Waals surface area contributed by atoms with E-state index in [4.69, 9.17) is 5.73 Å². The van der Waals surface area contributed by atoms with Crippen LogP contribution in [0.25, 0.3) is 0 Å². The van der Waals surface area contributed by atoms with Gasteiger partial charge in [-0.1, -0.05) is 12.1 Å². The van der Waals surface area contributed by atoms with E-state index in [1.54, 1.807) is 6.07 Å². The topological polar surface area (TPSA) is 26.0 Å². The van der Waals surface area contributed by atoms with E-state index in [1.807, 2.05) is 12.1 Å². The van der Waals surface area contributed by atoms with Crippen molar-refractivity contribution in [2.45, 2.75) is 44.6 Å². The number of benzene rings is 1. The lowest BCUT2D eigenvalue weighted by Gasteiger charge is -2.59. The van der Waals surface area contributed by atoms with Crippen molar-refractivity contribution in [3.8, 4) is 0 Å². The lowest BCUT2D eigenvalue weighted by Crippen LogP contribution is -2.51. The molecule has 1 aromatic rings. The van der Waals surface area contributed by atoms with Gasteiger partial charge in [0.2, 0.25) is 0 Å². The maximum absolute atomic E-state index is 14.4. The van der Waals surface area contributed by atoms with Gasteiger partial charge in [0.1, 0.15) is 5.82 Å². The first kappa shape index (κ1) is 13.3. The maximum Gasteiger partial charge on any atom is 0.142 e. The summed E-state index contributed by atoms with van der Waals surface area (Å²) in [7, 11) is 0. The van der Waals surface area contributed by atoms with Gasteiger partial charge in [-0.25, -0.2) is 4.39 Å². The maximum atomic E-state index is 14.4. The fourth-order valence-corrected chi connectivity index (χ4v) is 6.03. The van der Waals surface area contributed by atoms with Crippen LogP contribution in [0.15, 0.2) is 22.7 Å². The Labute approximate surface area is 128 Å². The van der Waals surface area contributed by atoms with Gasteiger partial charge in [-0.05, 0) is 83.7 Å². The molecule has 0 amide bonds. The minimum Gasteiger partial charge on any atom is -0.323 e. The van der Waals surface area contributed by atoms with E-state index in [0.29, 0.717) is 10.0 Å². The summed E-state index contributed by atoms with van der Waals surface area (Å²) >= 11 is 3.29. The van der Waals surface area contributed by atoms with E-state index in [-0.39, 0.29) is 17.3 Å². The molecule has 2 N–H and O–H groups in total. The standard InChI is InChI=1S/C17H21BrFN/c18-14-3-1-2-13(15(14)19)16(20)17-7-10-4-11(8-17)6-12(5-10)9-17/h1-3,10-12,16H,4-9,20H2. The predicted octanol–water partition coefficient (Wildman–Crippen LogP) is 4.80. The van der Waals surface area contributed by atoms with E-state index in [1.165, 1.54) is 38.5 Å². The lowest BCUT2D eigenvalue weighted by atomic mass is 9.47.